The van der Waals surface area contributed by atoms with Crippen LogP contribution in [0.5, 0.6) is 0 Å². The summed E-state index contributed by atoms with van der Waals surface area (Å²) in [5.41, 5.74) is -0.486. The minimum atomic E-state index is -0.486. The molecule has 0 fully saturated rings. The first-order valence-electron chi connectivity index (χ1n) is 12.7. The van der Waals surface area contributed by atoms with Gasteiger partial charge in [-0.15, -0.1) is 0 Å². The largest absolute Gasteiger partial charge is 0.444 e. The Hall–Kier alpha value is -0.890. The monoisotopic (exact) mass is 461 g/mol. The number of ether oxygens (including phenoxy) is 5. The molecule has 0 saturated carbocycles. The Morgan fingerprint density at radius 2 is 1.00 bits per heavy atom. The number of carbonyl (C=O) groups excluding carboxylic acids is 1. The topological polar surface area (TPSA) is 75.3 Å². The summed E-state index contributed by atoms with van der Waals surface area (Å²) in [6.45, 7) is 12.8. The highest BCUT2D eigenvalue weighted by molar-refractivity contribution is 5.67. The third-order valence-electron chi connectivity index (χ3n) is 4.67. The fraction of sp³-hybridized carbons (Fsp3) is 0.960. The van der Waals surface area contributed by atoms with E-state index < -0.39 is 11.7 Å². The molecule has 1 N–H and O–H groups in total. The first-order valence-corrected chi connectivity index (χ1v) is 12.7. The predicted octanol–water partition coefficient (Wildman–Crippen LogP) is 5.50. The quantitative estimate of drug-likeness (QED) is 0.203. The Bertz CT molecular complexity index is 400. The van der Waals surface area contributed by atoms with Gasteiger partial charge in [0.05, 0.1) is 46.2 Å². The van der Waals surface area contributed by atoms with Crippen molar-refractivity contribution in [3.63, 3.8) is 0 Å². The molecule has 1 amide bonds. The van der Waals surface area contributed by atoms with Gasteiger partial charge in [-0.25, -0.2) is 4.79 Å². The molecule has 32 heavy (non-hydrogen) atoms. The van der Waals surface area contributed by atoms with Gasteiger partial charge in [0.15, 0.2) is 0 Å². The second-order valence-corrected chi connectivity index (χ2v) is 9.06. The Morgan fingerprint density at radius 1 is 0.594 bits per heavy atom. The van der Waals surface area contributed by atoms with Crippen molar-refractivity contribution in [2.45, 2.75) is 97.5 Å². The van der Waals surface area contributed by atoms with Gasteiger partial charge in [-0.2, -0.15) is 0 Å². The summed E-state index contributed by atoms with van der Waals surface area (Å²) in [5.74, 6) is 0. The van der Waals surface area contributed by atoms with Crippen LogP contribution in [-0.4, -0.2) is 71.1 Å². The van der Waals surface area contributed by atoms with Crippen LogP contribution in [-0.2, 0) is 23.7 Å². The van der Waals surface area contributed by atoms with Crippen LogP contribution in [0.1, 0.15) is 91.9 Å². The van der Waals surface area contributed by atoms with E-state index in [0.717, 1.165) is 13.0 Å². The minimum Gasteiger partial charge on any atom is -0.444 e. The van der Waals surface area contributed by atoms with E-state index in [1.165, 1.54) is 57.8 Å². The molecule has 7 heteroatoms. The summed E-state index contributed by atoms with van der Waals surface area (Å²) in [6, 6.07) is 0. The van der Waals surface area contributed by atoms with Gasteiger partial charge in [0, 0.05) is 13.2 Å². The standard InChI is InChI=1S/C25H51NO6/c1-5-6-7-8-9-10-11-12-13-14-16-28-18-20-30-22-23-31-21-19-29-17-15-26-24(27)32-25(2,3)4/h5-23H2,1-4H3,(H,26,27). The molecule has 0 heterocycles. The fourth-order valence-electron chi connectivity index (χ4n) is 2.99. The molecule has 0 unspecified atom stereocenters. The summed E-state index contributed by atoms with van der Waals surface area (Å²) in [5, 5.41) is 2.64. The lowest BCUT2D eigenvalue weighted by atomic mass is 10.1. The molecule has 0 spiro atoms. The van der Waals surface area contributed by atoms with E-state index in [4.69, 9.17) is 23.7 Å². The lowest BCUT2D eigenvalue weighted by Crippen LogP contribution is -2.34. The molecule has 0 aliphatic heterocycles. The molecule has 0 aliphatic rings. The number of amides is 1. The van der Waals surface area contributed by atoms with Crippen LogP contribution in [0.15, 0.2) is 0 Å². The number of carbonyl (C=O) groups is 1. The van der Waals surface area contributed by atoms with Gasteiger partial charge in [-0.3, -0.25) is 0 Å². The van der Waals surface area contributed by atoms with Gasteiger partial charge < -0.3 is 29.0 Å². The molecule has 0 aromatic carbocycles. The Morgan fingerprint density at radius 3 is 1.47 bits per heavy atom. The van der Waals surface area contributed by atoms with E-state index in [9.17, 15) is 4.79 Å². The highest BCUT2D eigenvalue weighted by Crippen LogP contribution is 2.10. The average Bonchev–Trinajstić information content (AvgIpc) is 2.73. The molecule has 0 rings (SSSR count). The van der Waals surface area contributed by atoms with Crippen LogP contribution >= 0.6 is 0 Å². The molecule has 0 aromatic heterocycles. The van der Waals surface area contributed by atoms with Gasteiger partial charge in [-0.1, -0.05) is 64.7 Å². The van der Waals surface area contributed by atoms with Crippen molar-refractivity contribution in [1.82, 2.24) is 5.32 Å². The second-order valence-electron chi connectivity index (χ2n) is 9.06. The predicted molar refractivity (Wildman–Crippen MR) is 129 cm³/mol. The molecular weight excluding hydrogens is 410 g/mol. The zero-order valence-electron chi connectivity index (χ0n) is 21.4. The molecule has 0 atom stereocenters. The minimum absolute atomic E-state index is 0.414. The third-order valence-corrected chi connectivity index (χ3v) is 4.67. The van der Waals surface area contributed by atoms with Gasteiger partial charge in [-0.05, 0) is 27.2 Å². The van der Waals surface area contributed by atoms with Gasteiger partial charge >= 0.3 is 6.09 Å². The highest BCUT2D eigenvalue weighted by Gasteiger charge is 2.15. The van der Waals surface area contributed by atoms with Crippen molar-refractivity contribution in [3.8, 4) is 0 Å². The molecule has 0 bridgehead atoms. The first kappa shape index (κ1) is 31.1. The number of alkyl carbamates (subject to hydrolysis) is 1. The summed E-state index contributed by atoms with van der Waals surface area (Å²) in [7, 11) is 0. The highest BCUT2D eigenvalue weighted by atomic mass is 16.6. The number of nitrogens with one attached hydrogen (secondary N) is 1. The maximum atomic E-state index is 11.4. The van der Waals surface area contributed by atoms with Gasteiger partial charge in [0.25, 0.3) is 0 Å². The van der Waals surface area contributed by atoms with Crippen LogP contribution in [0.25, 0.3) is 0 Å². The first-order chi connectivity index (χ1) is 15.5. The van der Waals surface area contributed by atoms with E-state index in [0.29, 0.717) is 52.8 Å². The number of hydrogen-bond acceptors (Lipinski definition) is 6. The number of rotatable bonds is 23. The molecule has 7 nitrogen and oxygen atoms in total. The zero-order valence-corrected chi connectivity index (χ0v) is 21.4. The van der Waals surface area contributed by atoms with Crippen LogP contribution < -0.4 is 5.32 Å². The summed E-state index contributed by atoms with van der Waals surface area (Å²) in [6.07, 6.45) is 13.0. The van der Waals surface area contributed by atoms with Gasteiger partial charge in [0.1, 0.15) is 5.60 Å². The molecular formula is C25H51NO6. The molecule has 0 aromatic rings. The van der Waals surface area contributed by atoms with Crippen molar-refractivity contribution in [2.24, 2.45) is 0 Å². The Kier molecular flexibility index (Phi) is 22.6. The smallest absolute Gasteiger partial charge is 0.407 e. The van der Waals surface area contributed by atoms with Crippen molar-refractivity contribution in [1.29, 1.82) is 0 Å². The van der Waals surface area contributed by atoms with Crippen LogP contribution in [0.4, 0.5) is 4.79 Å². The lowest BCUT2D eigenvalue weighted by molar-refractivity contribution is -0.00214. The fourth-order valence-corrected chi connectivity index (χ4v) is 2.99. The van der Waals surface area contributed by atoms with E-state index in [-0.39, 0.29) is 0 Å². The third kappa shape index (κ3) is 27.1. The van der Waals surface area contributed by atoms with Crippen LogP contribution in [0, 0.1) is 0 Å². The normalized spacial score (nSPS) is 11.6. The number of hydrogen-bond donors (Lipinski definition) is 1. The maximum absolute atomic E-state index is 11.4. The van der Waals surface area contributed by atoms with E-state index in [2.05, 4.69) is 12.2 Å². The van der Waals surface area contributed by atoms with Crippen LogP contribution in [0.2, 0.25) is 0 Å². The van der Waals surface area contributed by atoms with Crippen molar-refractivity contribution in [3.05, 3.63) is 0 Å². The average molecular weight is 462 g/mol. The summed E-state index contributed by atoms with van der Waals surface area (Å²) < 4.78 is 27.1. The Labute approximate surface area is 197 Å². The maximum Gasteiger partial charge on any atom is 0.407 e. The van der Waals surface area contributed by atoms with Gasteiger partial charge in [0.2, 0.25) is 0 Å². The molecule has 0 radical (unpaired) electrons. The second kappa shape index (κ2) is 23.3. The molecule has 0 aliphatic carbocycles. The lowest BCUT2D eigenvalue weighted by Gasteiger charge is -2.19. The van der Waals surface area contributed by atoms with E-state index in [1.54, 1.807) is 0 Å². The summed E-state index contributed by atoms with van der Waals surface area (Å²) >= 11 is 0. The SMILES string of the molecule is CCCCCCCCCCCCOCCOCCOCCOCCNC(=O)OC(C)(C)C. The molecule has 192 valence electrons. The van der Waals surface area contributed by atoms with E-state index in [1.807, 2.05) is 20.8 Å². The van der Waals surface area contributed by atoms with Crippen molar-refractivity contribution < 1.29 is 28.5 Å². The van der Waals surface area contributed by atoms with Crippen molar-refractivity contribution >= 4 is 6.09 Å². The molecule has 0 saturated heterocycles. The summed E-state index contributed by atoms with van der Waals surface area (Å²) in [4.78, 5) is 11.4. The zero-order chi connectivity index (χ0) is 23.8. The van der Waals surface area contributed by atoms with Crippen molar-refractivity contribution in [2.75, 3.05) is 59.4 Å². The van der Waals surface area contributed by atoms with Crippen LogP contribution in [0.3, 0.4) is 0 Å². The van der Waals surface area contributed by atoms with E-state index >= 15 is 0 Å². The Balaban J connectivity index is 3.10. The number of unbranched alkanes of at least 4 members (excludes halogenated alkanes) is 9.